The molecule has 0 saturated heterocycles. The summed E-state index contributed by atoms with van der Waals surface area (Å²) < 4.78 is 0. The topological polar surface area (TPSA) is 70.6 Å². The van der Waals surface area contributed by atoms with Crippen LogP contribution >= 0.6 is 0 Å². The van der Waals surface area contributed by atoms with E-state index in [1.807, 2.05) is 31.2 Å². The zero-order valence-corrected chi connectivity index (χ0v) is 10.4. The van der Waals surface area contributed by atoms with E-state index in [4.69, 9.17) is 0 Å². The SMILES string of the molecule is Cc1ccccc1NC(=O)Nc1cccc(N=O)c1. The Labute approximate surface area is 110 Å². The number of aryl methyl sites for hydroxylation is 1. The van der Waals surface area contributed by atoms with Gasteiger partial charge in [0.25, 0.3) is 0 Å². The molecule has 5 nitrogen and oxygen atoms in total. The minimum atomic E-state index is -0.364. The Hall–Kier alpha value is -2.69. The van der Waals surface area contributed by atoms with Crippen LogP contribution in [-0.2, 0) is 0 Å². The normalized spacial score (nSPS) is 9.74. The van der Waals surface area contributed by atoms with Crippen LogP contribution < -0.4 is 10.6 Å². The van der Waals surface area contributed by atoms with E-state index in [-0.39, 0.29) is 11.7 Å². The summed E-state index contributed by atoms with van der Waals surface area (Å²) in [5.74, 6) is 0. The third-order valence-electron chi connectivity index (χ3n) is 2.60. The number of anilines is 2. The molecule has 0 aliphatic rings. The van der Waals surface area contributed by atoms with Crippen molar-refractivity contribution in [3.05, 3.63) is 59.0 Å². The minimum absolute atomic E-state index is 0.272. The van der Waals surface area contributed by atoms with Crippen molar-refractivity contribution in [2.24, 2.45) is 5.18 Å². The Morgan fingerprint density at radius 1 is 1.05 bits per heavy atom. The number of urea groups is 1. The predicted molar refractivity (Wildman–Crippen MR) is 75.7 cm³/mol. The molecule has 2 N–H and O–H groups in total. The Kier molecular flexibility index (Phi) is 3.87. The number of nitrogens with zero attached hydrogens (tertiary/aromatic N) is 1. The van der Waals surface area contributed by atoms with Crippen molar-refractivity contribution >= 4 is 23.1 Å². The number of benzene rings is 2. The minimum Gasteiger partial charge on any atom is -0.308 e. The zero-order chi connectivity index (χ0) is 13.7. The highest BCUT2D eigenvalue weighted by Crippen LogP contribution is 2.18. The molecule has 0 aliphatic carbocycles. The predicted octanol–water partition coefficient (Wildman–Crippen LogP) is 4.04. The van der Waals surface area contributed by atoms with Gasteiger partial charge in [-0.1, -0.05) is 24.3 Å². The van der Waals surface area contributed by atoms with Gasteiger partial charge >= 0.3 is 6.03 Å². The first-order valence-electron chi connectivity index (χ1n) is 5.76. The lowest BCUT2D eigenvalue weighted by Gasteiger charge is -2.09. The zero-order valence-electron chi connectivity index (χ0n) is 10.4. The van der Waals surface area contributed by atoms with E-state index in [2.05, 4.69) is 15.8 Å². The van der Waals surface area contributed by atoms with Crippen LogP contribution in [0.4, 0.5) is 21.9 Å². The summed E-state index contributed by atoms with van der Waals surface area (Å²) in [7, 11) is 0. The van der Waals surface area contributed by atoms with E-state index in [9.17, 15) is 9.70 Å². The van der Waals surface area contributed by atoms with Gasteiger partial charge in [-0.3, -0.25) is 0 Å². The van der Waals surface area contributed by atoms with E-state index >= 15 is 0 Å². The summed E-state index contributed by atoms with van der Waals surface area (Å²) in [6, 6.07) is 13.5. The number of amides is 2. The maximum absolute atomic E-state index is 11.8. The molecule has 0 bridgehead atoms. The van der Waals surface area contributed by atoms with Gasteiger partial charge in [-0.2, -0.15) is 0 Å². The Balaban J connectivity index is 2.05. The molecule has 2 amide bonds. The van der Waals surface area contributed by atoms with Gasteiger partial charge in [0, 0.05) is 11.4 Å². The highest BCUT2D eigenvalue weighted by molar-refractivity contribution is 6.00. The number of hydrogen-bond donors (Lipinski definition) is 2. The van der Waals surface area contributed by atoms with Gasteiger partial charge in [0.15, 0.2) is 0 Å². The molecule has 0 fully saturated rings. The summed E-state index contributed by atoms with van der Waals surface area (Å²) in [5.41, 5.74) is 2.50. The van der Waals surface area contributed by atoms with Crippen molar-refractivity contribution in [1.82, 2.24) is 0 Å². The number of hydrogen-bond acceptors (Lipinski definition) is 3. The maximum Gasteiger partial charge on any atom is 0.323 e. The largest absolute Gasteiger partial charge is 0.323 e. The van der Waals surface area contributed by atoms with Crippen LogP contribution in [0.25, 0.3) is 0 Å². The van der Waals surface area contributed by atoms with Crippen LogP contribution in [-0.4, -0.2) is 6.03 Å². The second kappa shape index (κ2) is 5.77. The van der Waals surface area contributed by atoms with Crippen molar-refractivity contribution in [3.63, 3.8) is 0 Å². The molecular formula is C14H13N3O2. The van der Waals surface area contributed by atoms with Crippen molar-refractivity contribution in [2.75, 3.05) is 10.6 Å². The molecular weight excluding hydrogens is 242 g/mol. The van der Waals surface area contributed by atoms with Crippen LogP contribution in [0.5, 0.6) is 0 Å². The third-order valence-corrected chi connectivity index (χ3v) is 2.60. The number of para-hydroxylation sites is 1. The fourth-order valence-corrected chi connectivity index (χ4v) is 1.64. The molecule has 0 spiro atoms. The first kappa shape index (κ1) is 12.8. The monoisotopic (exact) mass is 255 g/mol. The van der Waals surface area contributed by atoms with Crippen molar-refractivity contribution < 1.29 is 4.79 Å². The van der Waals surface area contributed by atoms with Crippen molar-refractivity contribution in [1.29, 1.82) is 0 Å². The number of nitroso groups, excluding NO2 is 1. The fraction of sp³-hybridized carbons (Fsp3) is 0.0714. The van der Waals surface area contributed by atoms with Crippen LogP contribution in [0.3, 0.4) is 0 Å². The van der Waals surface area contributed by atoms with Gasteiger partial charge < -0.3 is 10.6 Å². The molecule has 0 aliphatic heterocycles. The summed E-state index contributed by atoms with van der Waals surface area (Å²) in [4.78, 5) is 22.2. The van der Waals surface area contributed by atoms with E-state index < -0.39 is 0 Å². The van der Waals surface area contributed by atoms with Crippen molar-refractivity contribution in [3.8, 4) is 0 Å². The highest BCUT2D eigenvalue weighted by atomic mass is 16.3. The summed E-state index contributed by atoms with van der Waals surface area (Å²) in [5, 5.41) is 8.20. The lowest BCUT2D eigenvalue weighted by atomic mass is 10.2. The average Bonchev–Trinajstić information content (AvgIpc) is 2.41. The second-order valence-corrected chi connectivity index (χ2v) is 4.04. The molecule has 0 heterocycles. The molecule has 2 aromatic rings. The average molecular weight is 255 g/mol. The first-order chi connectivity index (χ1) is 9.19. The fourth-order valence-electron chi connectivity index (χ4n) is 1.64. The van der Waals surface area contributed by atoms with Crippen LogP contribution in [0, 0.1) is 11.8 Å². The third kappa shape index (κ3) is 3.38. The highest BCUT2D eigenvalue weighted by Gasteiger charge is 2.04. The van der Waals surface area contributed by atoms with E-state index in [0.717, 1.165) is 11.3 Å². The number of carbonyl (C=O) groups is 1. The molecule has 96 valence electrons. The van der Waals surface area contributed by atoms with Crippen LogP contribution in [0.1, 0.15) is 5.56 Å². The van der Waals surface area contributed by atoms with Gasteiger partial charge in [0.1, 0.15) is 5.69 Å². The lowest BCUT2D eigenvalue weighted by Crippen LogP contribution is -2.19. The van der Waals surface area contributed by atoms with Gasteiger partial charge in [-0.05, 0) is 41.9 Å². The molecule has 2 aromatic carbocycles. The van der Waals surface area contributed by atoms with Gasteiger partial charge in [0.05, 0.1) is 0 Å². The molecule has 0 atom stereocenters. The summed E-state index contributed by atoms with van der Waals surface area (Å²) >= 11 is 0. The molecule has 2 rings (SSSR count). The second-order valence-electron chi connectivity index (χ2n) is 4.04. The summed E-state index contributed by atoms with van der Waals surface area (Å²) in [6.07, 6.45) is 0. The van der Waals surface area contributed by atoms with Gasteiger partial charge in [0.2, 0.25) is 0 Å². The Morgan fingerprint density at radius 3 is 2.58 bits per heavy atom. The van der Waals surface area contributed by atoms with Crippen molar-refractivity contribution in [2.45, 2.75) is 6.92 Å². The van der Waals surface area contributed by atoms with E-state index in [1.54, 1.807) is 18.2 Å². The smallest absolute Gasteiger partial charge is 0.308 e. The van der Waals surface area contributed by atoms with Crippen LogP contribution in [0.15, 0.2) is 53.7 Å². The molecule has 0 aromatic heterocycles. The molecule has 0 radical (unpaired) electrons. The maximum atomic E-state index is 11.8. The molecule has 19 heavy (non-hydrogen) atoms. The molecule has 0 unspecified atom stereocenters. The van der Waals surface area contributed by atoms with Gasteiger partial charge in [-0.25, -0.2) is 4.79 Å². The van der Waals surface area contributed by atoms with E-state index in [1.165, 1.54) is 6.07 Å². The quantitative estimate of drug-likeness (QED) is 0.812. The summed E-state index contributed by atoms with van der Waals surface area (Å²) in [6.45, 7) is 1.91. The standard InChI is InChI=1S/C14H13N3O2/c1-10-5-2-3-8-13(10)16-14(18)15-11-6-4-7-12(9-11)17-19/h2-9H,1H3,(H2,15,16,18). The van der Waals surface area contributed by atoms with E-state index in [0.29, 0.717) is 5.69 Å². The number of carbonyl (C=O) groups excluding carboxylic acids is 1. The van der Waals surface area contributed by atoms with Crippen LogP contribution in [0.2, 0.25) is 0 Å². The first-order valence-corrected chi connectivity index (χ1v) is 5.76. The Morgan fingerprint density at radius 2 is 1.84 bits per heavy atom. The lowest BCUT2D eigenvalue weighted by molar-refractivity contribution is 0.262. The van der Waals surface area contributed by atoms with Gasteiger partial charge in [-0.15, -0.1) is 4.91 Å². The Bertz CT molecular complexity index is 611. The number of rotatable bonds is 3. The molecule has 5 heteroatoms. The number of nitrogens with one attached hydrogen (secondary N) is 2. The molecule has 0 saturated carbocycles.